The van der Waals surface area contributed by atoms with E-state index < -0.39 is 0 Å². The van der Waals surface area contributed by atoms with Crippen LogP contribution >= 0.6 is 15.9 Å². The topological polar surface area (TPSA) is 52.5 Å². The molecule has 0 aliphatic carbocycles. The lowest BCUT2D eigenvalue weighted by molar-refractivity contribution is 0.442. The van der Waals surface area contributed by atoms with Gasteiger partial charge in [-0.2, -0.15) is 0 Å². The Labute approximate surface area is 127 Å². The van der Waals surface area contributed by atoms with Crippen LogP contribution in [0.5, 0.6) is 11.5 Å². The van der Waals surface area contributed by atoms with Crippen molar-refractivity contribution in [3.63, 3.8) is 0 Å². The summed E-state index contributed by atoms with van der Waals surface area (Å²) in [5, 5.41) is 22.5. The smallest absolute Gasteiger partial charge is 0.119 e. The number of benzene rings is 2. The van der Waals surface area contributed by atoms with Gasteiger partial charge in [0.2, 0.25) is 0 Å². The van der Waals surface area contributed by atoms with E-state index in [4.69, 9.17) is 0 Å². The maximum atomic E-state index is 9.53. The summed E-state index contributed by atoms with van der Waals surface area (Å²) >= 11 is 3.42. The minimum atomic E-state index is 0.0200. The number of rotatable bonds is 4. The molecule has 0 saturated heterocycles. The molecule has 2 rings (SSSR count). The van der Waals surface area contributed by atoms with Crippen molar-refractivity contribution < 1.29 is 10.2 Å². The van der Waals surface area contributed by atoms with E-state index in [1.807, 2.05) is 19.1 Å². The molecule has 0 bridgehead atoms. The Balaban J connectivity index is 2.10. The molecule has 0 spiro atoms. The van der Waals surface area contributed by atoms with Crippen LogP contribution in [0.3, 0.4) is 0 Å². The number of phenolic OH excluding ortho intramolecular Hbond substituents is 2. The predicted molar refractivity (Wildman–Crippen MR) is 83.9 cm³/mol. The molecule has 20 heavy (non-hydrogen) atoms. The minimum absolute atomic E-state index is 0.0200. The summed E-state index contributed by atoms with van der Waals surface area (Å²) in [4.78, 5) is 0. The van der Waals surface area contributed by atoms with Crippen molar-refractivity contribution in [2.75, 3.05) is 0 Å². The Kier molecular flexibility index (Phi) is 4.68. The number of hydrogen-bond donors (Lipinski definition) is 3. The van der Waals surface area contributed by atoms with Crippen molar-refractivity contribution in [3.8, 4) is 11.5 Å². The summed E-state index contributed by atoms with van der Waals surface area (Å²) in [5.74, 6) is 0.148. The summed E-state index contributed by atoms with van der Waals surface area (Å²) in [7, 11) is 0. The van der Waals surface area contributed by atoms with Gasteiger partial charge in [0.15, 0.2) is 0 Å². The molecular formula is C16H18BrNO2. The first-order valence-electron chi connectivity index (χ1n) is 6.50. The van der Waals surface area contributed by atoms with Crippen molar-refractivity contribution in [1.82, 2.24) is 5.32 Å². The quantitative estimate of drug-likeness (QED) is 0.781. The van der Waals surface area contributed by atoms with E-state index in [1.54, 1.807) is 12.1 Å². The fourth-order valence-corrected chi connectivity index (χ4v) is 2.45. The summed E-state index contributed by atoms with van der Waals surface area (Å²) in [6.07, 6.45) is 0. The van der Waals surface area contributed by atoms with Gasteiger partial charge >= 0.3 is 0 Å². The van der Waals surface area contributed by atoms with E-state index in [9.17, 15) is 10.2 Å². The first-order chi connectivity index (χ1) is 9.45. The lowest BCUT2D eigenvalue weighted by atomic mass is 10.0. The second kappa shape index (κ2) is 6.29. The molecule has 0 aliphatic heterocycles. The zero-order valence-electron chi connectivity index (χ0n) is 11.5. The molecule has 2 aromatic rings. The van der Waals surface area contributed by atoms with Gasteiger partial charge in [-0.3, -0.25) is 0 Å². The molecule has 106 valence electrons. The average molecular weight is 336 g/mol. The maximum Gasteiger partial charge on any atom is 0.119 e. The Hall–Kier alpha value is -1.52. The van der Waals surface area contributed by atoms with Gasteiger partial charge in [0.1, 0.15) is 11.5 Å². The van der Waals surface area contributed by atoms with Gasteiger partial charge in [-0.1, -0.05) is 28.1 Å². The Bertz CT molecular complexity index is 563. The third-order valence-corrected chi connectivity index (χ3v) is 3.82. The van der Waals surface area contributed by atoms with Gasteiger partial charge in [-0.25, -0.2) is 0 Å². The van der Waals surface area contributed by atoms with E-state index in [-0.39, 0.29) is 23.6 Å². The fourth-order valence-electron chi connectivity index (χ4n) is 2.19. The second-order valence-corrected chi connectivity index (χ2v) is 5.86. The fraction of sp³-hybridized carbons (Fsp3) is 0.250. The number of nitrogens with one attached hydrogen (secondary N) is 1. The highest BCUT2D eigenvalue weighted by atomic mass is 79.9. The SMILES string of the molecule is CC(NC(C)c1cc(O)cc(O)c1)c1ccc(Br)cc1. The van der Waals surface area contributed by atoms with Gasteiger partial charge in [0.25, 0.3) is 0 Å². The Morgan fingerprint density at radius 3 is 1.90 bits per heavy atom. The average Bonchev–Trinajstić information content (AvgIpc) is 2.38. The lowest BCUT2D eigenvalue weighted by Gasteiger charge is -2.21. The first-order valence-corrected chi connectivity index (χ1v) is 7.29. The minimum Gasteiger partial charge on any atom is -0.508 e. The highest BCUT2D eigenvalue weighted by Gasteiger charge is 2.12. The van der Waals surface area contributed by atoms with Crippen LogP contribution in [0.1, 0.15) is 37.1 Å². The van der Waals surface area contributed by atoms with Crippen molar-refractivity contribution in [3.05, 3.63) is 58.1 Å². The zero-order chi connectivity index (χ0) is 14.7. The van der Waals surface area contributed by atoms with Crippen LogP contribution in [-0.4, -0.2) is 10.2 Å². The van der Waals surface area contributed by atoms with Crippen molar-refractivity contribution in [2.45, 2.75) is 25.9 Å². The summed E-state index contributed by atoms with van der Waals surface area (Å²) < 4.78 is 1.06. The molecule has 0 aromatic heterocycles. The number of aromatic hydroxyl groups is 2. The molecule has 2 aromatic carbocycles. The number of halogens is 1. The molecule has 2 unspecified atom stereocenters. The summed E-state index contributed by atoms with van der Waals surface area (Å²) in [5.41, 5.74) is 2.04. The van der Waals surface area contributed by atoms with Crippen molar-refractivity contribution in [2.24, 2.45) is 0 Å². The maximum absolute atomic E-state index is 9.53. The normalized spacial score (nSPS) is 13.9. The van der Waals surface area contributed by atoms with E-state index in [0.717, 1.165) is 10.0 Å². The molecular weight excluding hydrogens is 318 g/mol. The molecule has 4 heteroatoms. The molecule has 0 radical (unpaired) electrons. The number of hydrogen-bond acceptors (Lipinski definition) is 3. The van der Waals surface area contributed by atoms with Crippen LogP contribution in [0, 0.1) is 0 Å². The molecule has 2 atom stereocenters. The van der Waals surface area contributed by atoms with Crippen molar-refractivity contribution in [1.29, 1.82) is 0 Å². The first kappa shape index (κ1) is 14.9. The van der Waals surface area contributed by atoms with Crippen LogP contribution in [0.4, 0.5) is 0 Å². The number of phenols is 2. The van der Waals surface area contributed by atoms with Crippen LogP contribution in [0.15, 0.2) is 46.9 Å². The van der Waals surface area contributed by atoms with E-state index in [0.29, 0.717) is 0 Å². The molecule has 0 fully saturated rings. The Morgan fingerprint density at radius 1 is 0.850 bits per heavy atom. The molecule has 0 aliphatic rings. The monoisotopic (exact) mass is 335 g/mol. The third kappa shape index (κ3) is 3.74. The Morgan fingerprint density at radius 2 is 1.35 bits per heavy atom. The van der Waals surface area contributed by atoms with E-state index >= 15 is 0 Å². The van der Waals surface area contributed by atoms with E-state index in [1.165, 1.54) is 11.6 Å². The highest BCUT2D eigenvalue weighted by Crippen LogP contribution is 2.26. The van der Waals surface area contributed by atoms with Crippen LogP contribution < -0.4 is 5.32 Å². The molecule has 0 heterocycles. The molecule has 0 saturated carbocycles. The summed E-state index contributed by atoms with van der Waals surface area (Å²) in [6.45, 7) is 4.09. The van der Waals surface area contributed by atoms with Crippen LogP contribution in [-0.2, 0) is 0 Å². The van der Waals surface area contributed by atoms with Crippen molar-refractivity contribution >= 4 is 15.9 Å². The molecule has 3 N–H and O–H groups in total. The largest absolute Gasteiger partial charge is 0.508 e. The predicted octanol–water partition coefficient (Wildman–Crippen LogP) is 4.27. The molecule has 0 amide bonds. The summed E-state index contributed by atoms with van der Waals surface area (Å²) in [6, 6.07) is 13.0. The lowest BCUT2D eigenvalue weighted by Crippen LogP contribution is -2.22. The van der Waals surface area contributed by atoms with Gasteiger partial charge in [-0.05, 0) is 49.2 Å². The second-order valence-electron chi connectivity index (χ2n) is 4.94. The third-order valence-electron chi connectivity index (χ3n) is 3.29. The van der Waals surface area contributed by atoms with Gasteiger partial charge in [0, 0.05) is 22.6 Å². The van der Waals surface area contributed by atoms with Gasteiger partial charge in [-0.15, -0.1) is 0 Å². The standard InChI is InChI=1S/C16H18BrNO2/c1-10(12-3-5-14(17)6-4-12)18-11(2)13-7-15(19)9-16(20)8-13/h3-11,18-20H,1-2H3. The highest BCUT2D eigenvalue weighted by molar-refractivity contribution is 9.10. The zero-order valence-corrected chi connectivity index (χ0v) is 13.1. The van der Waals surface area contributed by atoms with E-state index in [2.05, 4.69) is 40.3 Å². The van der Waals surface area contributed by atoms with Crippen LogP contribution in [0.2, 0.25) is 0 Å². The van der Waals surface area contributed by atoms with Gasteiger partial charge < -0.3 is 15.5 Å². The van der Waals surface area contributed by atoms with Gasteiger partial charge in [0.05, 0.1) is 0 Å². The van der Waals surface area contributed by atoms with Crippen LogP contribution in [0.25, 0.3) is 0 Å². The molecule has 3 nitrogen and oxygen atoms in total.